The first-order chi connectivity index (χ1) is 12.1. The van der Waals surface area contributed by atoms with Crippen molar-refractivity contribution in [2.75, 3.05) is 5.32 Å². The molecule has 1 amide bonds. The van der Waals surface area contributed by atoms with E-state index in [1.54, 1.807) is 10.9 Å². The molecule has 1 aromatic carbocycles. The zero-order valence-corrected chi connectivity index (χ0v) is 14.1. The van der Waals surface area contributed by atoms with E-state index in [1.165, 1.54) is 0 Å². The highest BCUT2D eigenvalue weighted by Gasteiger charge is 2.29. The summed E-state index contributed by atoms with van der Waals surface area (Å²) in [6, 6.07) is 13.4. The molecule has 0 aliphatic carbocycles. The van der Waals surface area contributed by atoms with E-state index >= 15 is 0 Å². The Kier molecular flexibility index (Phi) is 3.72. The first kappa shape index (κ1) is 15.4. The van der Waals surface area contributed by atoms with Crippen LogP contribution >= 0.6 is 0 Å². The Labute approximate surface area is 145 Å². The van der Waals surface area contributed by atoms with E-state index in [4.69, 9.17) is 4.74 Å². The molecule has 4 rings (SSSR count). The quantitative estimate of drug-likeness (QED) is 0.800. The third-order valence-corrected chi connectivity index (χ3v) is 4.14. The molecule has 6 heteroatoms. The van der Waals surface area contributed by atoms with E-state index in [9.17, 15) is 4.79 Å². The van der Waals surface area contributed by atoms with Gasteiger partial charge in [-0.2, -0.15) is 9.78 Å². The maximum Gasteiger partial charge on any atom is 0.266 e. The molecule has 1 aliphatic rings. The van der Waals surface area contributed by atoms with Gasteiger partial charge in [-0.15, -0.1) is 0 Å². The average Bonchev–Trinajstić information content (AvgIpc) is 3.18. The number of aryl methyl sites for hydroxylation is 2. The van der Waals surface area contributed by atoms with E-state index < -0.39 is 6.10 Å². The number of carbonyl (C=O) groups excluding carboxylic acids is 1. The number of carbonyl (C=O) groups is 1. The van der Waals surface area contributed by atoms with E-state index in [0.29, 0.717) is 18.1 Å². The second-order valence-corrected chi connectivity index (χ2v) is 6.18. The van der Waals surface area contributed by atoms with Gasteiger partial charge in [0.15, 0.2) is 11.9 Å². The lowest BCUT2D eigenvalue weighted by Crippen LogP contribution is -2.32. The van der Waals surface area contributed by atoms with Crippen LogP contribution in [0.1, 0.15) is 16.8 Å². The molecule has 1 atom stereocenters. The average molecular weight is 334 g/mol. The summed E-state index contributed by atoms with van der Waals surface area (Å²) in [6.07, 6.45) is 1.76. The van der Waals surface area contributed by atoms with Crippen LogP contribution in [0.2, 0.25) is 0 Å². The fourth-order valence-corrected chi connectivity index (χ4v) is 2.93. The number of hydrogen-bond acceptors (Lipinski definition) is 4. The lowest BCUT2D eigenvalue weighted by atomic mass is 10.1. The Balaban J connectivity index is 1.57. The van der Waals surface area contributed by atoms with Gasteiger partial charge < -0.3 is 10.1 Å². The molecule has 0 spiro atoms. The van der Waals surface area contributed by atoms with Crippen LogP contribution in [0, 0.1) is 13.8 Å². The predicted molar refractivity (Wildman–Crippen MR) is 94.0 cm³/mol. The molecule has 6 nitrogen and oxygen atoms in total. The third kappa shape index (κ3) is 2.98. The molecular formula is C19H18N4O2. The smallest absolute Gasteiger partial charge is 0.266 e. The van der Waals surface area contributed by atoms with Gasteiger partial charge >= 0.3 is 0 Å². The topological polar surface area (TPSA) is 69.0 Å². The molecule has 0 saturated carbocycles. The highest BCUT2D eigenvalue weighted by atomic mass is 16.5. The van der Waals surface area contributed by atoms with Crippen LogP contribution in [-0.4, -0.2) is 26.8 Å². The molecule has 3 aromatic rings. The van der Waals surface area contributed by atoms with Gasteiger partial charge in [-0.05, 0) is 43.2 Å². The summed E-state index contributed by atoms with van der Waals surface area (Å²) in [4.78, 5) is 17.0. The number of amides is 1. The molecule has 0 bridgehead atoms. The monoisotopic (exact) mass is 334 g/mol. The number of benzene rings is 1. The Bertz CT molecular complexity index is 923. The summed E-state index contributed by atoms with van der Waals surface area (Å²) in [7, 11) is 0. The number of nitrogens with zero attached hydrogens (tertiary/aromatic N) is 3. The second kappa shape index (κ2) is 6.05. The van der Waals surface area contributed by atoms with Gasteiger partial charge in [-0.25, -0.2) is 4.98 Å². The van der Waals surface area contributed by atoms with Crippen molar-refractivity contribution in [2.45, 2.75) is 26.4 Å². The molecule has 1 N–H and O–H groups in total. The van der Waals surface area contributed by atoms with E-state index in [-0.39, 0.29) is 5.91 Å². The predicted octanol–water partition coefficient (Wildman–Crippen LogP) is 2.83. The van der Waals surface area contributed by atoms with Crippen LogP contribution in [0.15, 0.2) is 48.7 Å². The van der Waals surface area contributed by atoms with Gasteiger partial charge in [0, 0.05) is 18.7 Å². The van der Waals surface area contributed by atoms with Crippen molar-refractivity contribution >= 4 is 11.7 Å². The lowest BCUT2D eigenvalue weighted by Gasteiger charge is -2.12. The van der Waals surface area contributed by atoms with Crippen LogP contribution in [-0.2, 0) is 11.2 Å². The van der Waals surface area contributed by atoms with Crippen LogP contribution in [0.25, 0.3) is 5.82 Å². The Morgan fingerprint density at radius 3 is 2.88 bits per heavy atom. The summed E-state index contributed by atoms with van der Waals surface area (Å²) in [5.41, 5.74) is 2.92. The molecule has 0 saturated heterocycles. The van der Waals surface area contributed by atoms with Gasteiger partial charge in [0.2, 0.25) is 0 Å². The van der Waals surface area contributed by atoms with Crippen molar-refractivity contribution in [1.29, 1.82) is 0 Å². The fraction of sp³-hybridized carbons (Fsp3) is 0.211. The molecule has 0 fully saturated rings. The molecule has 3 heterocycles. The summed E-state index contributed by atoms with van der Waals surface area (Å²) in [5, 5.41) is 7.36. The fourth-order valence-electron chi connectivity index (χ4n) is 2.93. The van der Waals surface area contributed by atoms with Crippen molar-refractivity contribution in [3.8, 4) is 11.6 Å². The highest BCUT2D eigenvalue weighted by Crippen LogP contribution is 2.29. The van der Waals surface area contributed by atoms with E-state index in [2.05, 4.69) is 15.4 Å². The number of ether oxygens (including phenoxy) is 1. The van der Waals surface area contributed by atoms with Crippen LogP contribution in [0.4, 0.5) is 5.82 Å². The molecular weight excluding hydrogens is 316 g/mol. The van der Waals surface area contributed by atoms with Gasteiger partial charge in [0.1, 0.15) is 11.6 Å². The minimum atomic E-state index is -0.536. The second-order valence-electron chi connectivity index (χ2n) is 6.18. The van der Waals surface area contributed by atoms with Crippen molar-refractivity contribution in [3.63, 3.8) is 0 Å². The maximum atomic E-state index is 12.6. The van der Waals surface area contributed by atoms with E-state index in [1.807, 2.05) is 56.3 Å². The normalized spacial score (nSPS) is 15.5. The number of rotatable bonds is 3. The van der Waals surface area contributed by atoms with Gasteiger partial charge in [0.25, 0.3) is 5.91 Å². The lowest BCUT2D eigenvalue weighted by molar-refractivity contribution is -0.122. The molecule has 0 unspecified atom stereocenters. The Morgan fingerprint density at radius 1 is 1.24 bits per heavy atom. The number of aromatic nitrogens is 3. The number of pyridine rings is 1. The largest absolute Gasteiger partial charge is 0.480 e. The Morgan fingerprint density at radius 2 is 2.08 bits per heavy atom. The zero-order valence-electron chi connectivity index (χ0n) is 14.1. The summed E-state index contributed by atoms with van der Waals surface area (Å²) in [5.74, 6) is 1.83. The first-order valence-electron chi connectivity index (χ1n) is 8.15. The highest BCUT2D eigenvalue weighted by molar-refractivity contribution is 5.94. The third-order valence-electron chi connectivity index (χ3n) is 4.14. The number of anilines is 1. The molecule has 25 heavy (non-hydrogen) atoms. The van der Waals surface area contributed by atoms with Crippen LogP contribution in [0.3, 0.4) is 0 Å². The molecule has 1 aliphatic heterocycles. The minimum Gasteiger partial charge on any atom is -0.480 e. The summed E-state index contributed by atoms with van der Waals surface area (Å²) < 4.78 is 7.40. The van der Waals surface area contributed by atoms with Crippen molar-refractivity contribution in [1.82, 2.24) is 14.8 Å². The number of fused-ring (bicyclic) bond motifs is 1. The SMILES string of the molecule is Cc1ccnc(-n2nc(C)cc2NC(=O)[C@H]2Cc3ccccc3O2)c1. The van der Waals surface area contributed by atoms with Crippen LogP contribution in [0.5, 0.6) is 5.75 Å². The maximum absolute atomic E-state index is 12.6. The minimum absolute atomic E-state index is 0.190. The number of hydrogen-bond donors (Lipinski definition) is 1. The van der Waals surface area contributed by atoms with Crippen LogP contribution < -0.4 is 10.1 Å². The van der Waals surface area contributed by atoms with E-state index in [0.717, 1.165) is 22.6 Å². The molecule has 0 radical (unpaired) electrons. The standard InChI is InChI=1S/C19H18N4O2/c1-12-7-8-20-17(9-12)23-18(10-13(2)22-23)21-19(24)16-11-14-5-3-4-6-15(14)25-16/h3-10,16H,11H2,1-2H3,(H,21,24)/t16-/m1/s1. The van der Waals surface area contributed by atoms with Gasteiger partial charge in [-0.3, -0.25) is 4.79 Å². The first-order valence-corrected chi connectivity index (χ1v) is 8.15. The molecule has 2 aromatic heterocycles. The Hall–Kier alpha value is -3.15. The zero-order chi connectivity index (χ0) is 17.4. The summed E-state index contributed by atoms with van der Waals surface area (Å²) >= 11 is 0. The van der Waals surface area contributed by atoms with Gasteiger partial charge in [0.05, 0.1) is 5.69 Å². The molecule has 126 valence electrons. The summed E-state index contributed by atoms with van der Waals surface area (Å²) in [6.45, 7) is 3.87. The van der Waals surface area contributed by atoms with Gasteiger partial charge in [-0.1, -0.05) is 18.2 Å². The number of nitrogens with one attached hydrogen (secondary N) is 1. The number of para-hydroxylation sites is 1. The van der Waals surface area contributed by atoms with Crippen molar-refractivity contribution in [2.24, 2.45) is 0 Å². The van der Waals surface area contributed by atoms with Crippen molar-refractivity contribution in [3.05, 3.63) is 65.5 Å². The van der Waals surface area contributed by atoms with Crippen molar-refractivity contribution < 1.29 is 9.53 Å².